The molecular formula is C31H37N5O6S2. The van der Waals surface area contributed by atoms with Gasteiger partial charge >= 0.3 is 0 Å². The molecule has 0 bridgehead atoms. The van der Waals surface area contributed by atoms with E-state index in [1.807, 2.05) is 30.7 Å². The van der Waals surface area contributed by atoms with Crippen molar-refractivity contribution in [2.24, 2.45) is 0 Å². The number of nitrogens with one attached hydrogen (secondary N) is 3. The molecule has 1 aliphatic rings. The largest absolute Gasteiger partial charge is 0.387 e. The molecular weight excluding hydrogens is 603 g/mol. The average molecular weight is 640 g/mol. The first-order chi connectivity index (χ1) is 20.8. The lowest BCUT2D eigenvalue weighted by Gasteiger charge is -2.28. The van der Waals surface area contributed by atoms with Crippen molar-refractivity contribution in [3.8, 4) is 0 Å². The third-order valence-corrected chi connectivity index (χ3v) is 10.9. The molecule has 0 radical (unpaired) electrons. The summed E-state index contributed by atoms with van der Waals surface area (Å²) < 4.78 is 53.4. The predicted octanol–water partition coefficient (Wildman–Crippen LogP) is 3.25. The first kappa shape index (κ1) is 31.6. The lowest BCUT2D eigenvalue weighted by Crippen LogP contribution is -2.42. The highest BCUT2D eigenvalue weighted by Gasteiger charge is 2.29. The number of aliphatic hydroxyl groups excluding tert-OH is 1. The summed E-state index contributed by atoms with van der Waals surface area (Å²) in [5.41, 5.74) is 1.70. The fraction of sp³-hybridized carbons (Fsp3) is 0.355. The summed E-state index contributed by atoms with van der Waals surface area (Å²) in [6.07, 6.45) is 3.68. The molecule has 3 heterocycles. The van der Waals surface area contributed by atoms with Crippen LogP contribution in [-0.2, 0) is 26.4 Å². The molecule has 1 saturated heterocycles. The summed E-state index contributed by atoms with van der Waals surface area (Å²) >= 11 is 0. The molecule has 2 aromatic carbocycles. The molecule has 4 N–H and O–H groups in total. The highest BCUT2D eigenvalue weighted by Crippen LogP contribution is 2.23. The number of anilines is 1. The minimum absolute atomic E-state index is 0.0334. The zero-order valence-electron chi connectivity index (χ0n) is 24.6. The maximum atomic E-state index is 12.7. The molecule has 1 amide bonds. The van der Waals surface area contributed by atoms with Gasteiger partial charge in [0.25, 0.3) is 15.9 Å². The fourth-order valence-electron chi connectivity index (χ4n) is 5.16. The standard InChI is InChI=1S/C31H37N5O6S2/c1-31(2,33-20-28(37)22-7-6-8-25(18-22)35-44(41,42)27-9-4-3-5-10-27)13-15-36-14-11-23-17-24(19-32-29(23)36)30(38)34-26-12-16-43(39,40)21-26/h3-11,14,17-19,26,28,33,35,37H,12-13,15-16,20-21H2,1-2H3,(H,34,38)/t26?,28-/m0/s1. The SMILES string of the molecule is CC(C)(CCn1ccc2cc(C(=O)NC3CCS(=O)(=O)C3)cnc21)NC[C@H](O)c1cccc(NS(=O)(=O)c2ccccc2)c1. The Kier molecular flexibility index (Phi) is 9.12. The molecule has 0 spiro atoms. The van der Waals surface area contributed by atoms with Crippen LogP contribution in [0.3, 0.4) is 0 Å². The molecule has 1 fully saturated rings. The van der Waals surface area contributed by atoms with E-state index in [0.717, 1.165) is 11.0 Å². The van der Waals surface area contributed by atoms with E-state index in [1.165, 1.54) is 18.3 Å². The van der Waals surface area contributed by atoms with Crippen LogP contribution in [0.2, 0.25) is 0 Å². The molecule has 0 aliphatic carbocycles. The summed E-state index contributed by atoms with van der Waals surface area (Å²) in [7, 11) is -6.83. The van der Waals surface area contributed by atoms with Crippen LogP contribution in [0, 0.1) is 0 Å². The normalized spacial score (nSPS) is 17.4. The lowest BCUT2D eigenvalue weighted by molar-refractivity contribution is 0.0941. The Balaban J connectivity index is 1.15. The van der Waals surface area contributed by atoms with Crippen molar-refractivity contribution >= 4 is 42.5 Å². The number of sulfone groups is 1. The number of aryl methyl sites for hydroxylation is 1. The van der Waals surface area contributed by atoms with Gasteiger partial charge in [0.1, 0.15) is 5.65 Å². The Morgan fingerprint density at radius 3 is 2.61 bits per heavy atom. The summed E-state index contributed by atoms with van der Waals surface area (Å²) in [4.78, 5) is 17.3. The first-order valence-electron chi connectivity index (χ1n) is 14.4. The molecule has 13 heteroatoms. The van der Waals surface area contributed by atoms with E-state index in [0.29, 0.717) is 36.2 Å². The van der Waals surface area contributed by atoms with Crippen LogP contribution in [0.25, 0.3) is 11.0 Å². The average Bonchev–Trinajstić information content (AvgIpc) is 3.56. The number of aliphatic hydroxyl groups is 1. The van der Waals surface area contributed by atoms with Gasteiger partial charge in [-0.3, -0.25) is 9.52 Å². The van der Waals surface area contributed by atoms with Crippen molar-refractivity contribution in [3.05, 3.63) is 90.3 Å². The quantitative estimate of drug-likeness (QED) is 0.184. The van der Waals surface area contributed by atoms with Crippen LogP contribution in [0.5, 0.6) is 0 Å². The molecule has 2 atom stereocenters. The number of carbonyl (C=O) groups is 1. The van der Waals surface area contributed by atoms with Gasteiger partial charge < -0.3 is 20.3 Å². The number of nitrogens with zero attached hydrogens (tertiary/aromatic N) is 2. The Hall–Kier alpha value is -3.78. The van der Waals surface area contributed by atoms with Crippen LogP contribution in [0.1, 0.15) is 48.7 Å². The lowest BCUT2D eigenvalue weighted by atomic mass is 9.99. The number of benzene rings is 2. The Bertz CT molecular complexity index is 1860. The minimum Gasteiger partial charge on any atom is -0.387 e. The van der Waals surface area contributed by atoms with Gasteiger partial charge in [-0.25, -0.2) is 21.8 Å². The van der Waals surface area contributed by atoms with Crippen molar-refractivity contribution < 1.29 is 26.7 Å². The minimum atomic E-state index is -3.75. The maximum Gasteiger partial charge on any atom is 0.261 e. The van der Waals surface area contributed by atoms with Crippen LogP contribution < -0.4 is 15.4 Å². The smallest absolute Gasteiger partial charge is 0.261 e. The molecule has 4 aromatic rings. The number of β-amino-alcohol motifs (C(OH)–C–C–N with tert-alkyl or cyclic N) is 1. The van der Waals surface area contributed by atoms with Crippen molar-refractivity contribution in [2.45, 2.75) is 55.8 Å². The van der Waals surface area contributed by atoms with E-state index in [2.05, 4.69) is 20.3 Å². The van der Waals surface area contributed by atoms with Gasteiger partial charge in [0.05, 0.1) is 28.1 Å². The van der Waals surface area contributed by atoms with E-state index in [4.69, 9.17) is 0 Å². The third-order valence-electron chi connectivity index (χ3n) is 7.76. The van der Waals surface area contributed by atoms with Gasteiger partial charge in [0, 0.05) is 48.1 Å². The van der Waals surface area contributed by atoms with E-state index in [1.54, 1.807) is 48.5 Å². The summed E-state index contributed by atoms with van der Waals surface area (Å²) in [6.45, 7) is 4.96. The summed E-state index contributed by atoms with van der Waals surface area (Å²) in [5, 5.41) is 17.9. The fourth-order valence-corrected chi connectivity index (χ4v) is 7.91. The number of pyridine rings is 1. The van der Waals surface area contributed by atoms with Gasteiger partial charge in [-0.1, -0.05) is 30.3 Å². The molecule has 2 aromatic heterocycles. The number of rotatable bonds is 12. The topological polar surface area (TPSA) is 159 Å². The number of amides is 1. The Morgan fingerprint density at radius 1 is 1.11 bits per heavy atom. The Morgan fingerprint density at radius 2 is 1.89 bits per heavy atom. The van der Waals surface area contributed by atoms with E-state index in [9.17, 15) is 26.7 Å². The molecule has 1 aliphatic heterocycles. The van der Waals surface area contributed by atoms with Crippen LogP contribution in [0.4, 0.5) is 5.69 Å². The van der Waals surface area contributed by atoms with Crippen molar-refractivity contribution in [2.75, 3.05) is 22.8 Å². The van der Waals surface area contributed by atoms with Gasteiger partial charge in [-0.2, -0.15) is 0 Å². The van der Waals surface area contributed by atoms with Crippen molar-refractivity contribution in [1.29, 1.82) is 0 Å². The monoisotopic (exact) mass is 639 g/mol. The second kappa shape index (κ2) is 12.7. The zero-order chi connectivity index (χ0) is 31.5. The predicted molar refractivity (Wildman–Crippen MR) is 170 cm³/mol. The number of sulfonamides is 1. The Labute approximate surface area is 257 Å². The third kappa shape index (κ3) is 7.83. The second-order valence-corrected chi connectivity index (χ2v) is 15.7. The maximum absolute atomic E-state index is 12.7. The molecule has 234 valence electrons. The number of aromatic nitrogens is 2. The molecule has 1 unspecified atom stereocenters. The van der Waals surface area contributed by atoms with Crippen LogP contribution in [-0.4, -0.2) is 67.0 Å². The highest BCUT2D eigenvalue weighted by molar-refractivity contribution is 7.92. The molecule has 44 heavy (non-hydrogen) atoms. The van der Waals surface area contributed by atoms with Crippen molar-refractivity contribution in [1.82, 2.24) is 20.2 Å². The van der Waals surface area contributed by atoms with Crippen LogP contribution >= 0.6 is 0 Å². The van der Waals surface area contributed by atoms with E-state index < -0.39 is 26.0 Å². The number of hydrogen-bond acceptors (Lipinski definition) is 8. The van der Waals surface area contributed by atoms with Crippen LogP contribution in [0.15, 0.2) is 84.0 Å². The van der Waals surface area contributed by atoms with Gasteiger partial charge in [0.2, 0.25) is 0 Å². The van der Waals surface area contributed by atoms with Crippen molar-refractivity contribution in [3.63, 3.8) is 0 Å². The van der Waals surface area contributed by atoms with Gasteiger partial charge in [-0.05, 0) is 68.7 Å². The zero-order valence-corrected chi connectivity index (χ0v) is 26.2. The van der Waals surface area contributed by atoms with Gasteiger partial charge in [0.15, 0.2) is 9.84 Å². The molecule has 0 saturated carbocycles. The van der Waals surface area contributed by atoms with E-state index >= 15 is 0 Å². The summed E-state index contributed by atoms with van der Waals surface area (Å²) in [5.74, 6) is -0.277. The number of carbonyl (C=O) groups excluding carboxylic acids is 1. The molecule has 11 nitrogen and oxygen atoms in total. The second-order valence-electron chi connectivity index (χ2n) is 11.8. The van der Waals surface area contributed by atoms with E-state index in [-0.39, 0.29) is 40.4 Å². The summed E-state index contributed by atoms with van der Waals surface area (Å²) in [6, 6.07) is 18.1. The number of hydrogen-bond donors (Lipinski definition) is 4. The number of fused-ring (bicyclic) bond motifs is 1. The van der Waals surface area contributed by atoms with Gasteiger partial charge in [-0.15, -0.1) is 0 Å². The molecule has 5 rings (SSSR count). The highest BCUT2D eigenvalue weighted by atomic mass is 32.2. The first-order valence-corrected chi connectivity index (χ1v) is 17.7.